The molecule has 0 aromatic rings. The van der Waals surface area contributed by atoms with E-state index in [0.29, 0.717) is 18.1 Å². The highest BCUT2D eigenvalue weighted by Gasteiger charge is 2.54. The second-order valence-corrected chi connectivity index (χ2v) is 8.31. The van der Waals surface area contributed by atoms with E-state index in [0.717, 1.165) is 37.2 Å². The molecule has 21 heavy (non-hydrogen) atoms. The van der Waals surface area contributed by atoms with Gasteiger partial charge in [-0.25, -0.2) is 0 Å². The fraction of sp³-hybridized carbons (Fsp3) is 0.944. The van der Waals surface area contributed by atoms with Gasteiger partial charge in [-0.3, -0.25) is 4.79 Å². The summed E-state index contributed by atoms with van der Waals surface area (Å²) in [6.07, 6.45) is 10.5. The van der Waals surface area contributed by atoms with Crippen molar-refractivity contribution in [2.45, 2.75) is 64.3 Å². The zero-order valence-electron chi connectivity index (χ0n) is 13.3. The quantitative estimate of drug-likeness (QED) is 0.864. The number of ether oxygens (including phenoxy) is 1. The van der Waals surface area contributed by atoms with Gasteiger partial charge in [0.05, 0.1) is 12.5 Å². The van der Waals surface area contributed by atoms with Crippen molar-refractivity contribution >= 4 is 5.91 Å². The minimum absolute atomic E-state index is 0.105. The summed E-state index contributed by atoms with van der Waals surface area (Å²) >= 11 is 0. The predicted octanol–water partition coefficient (Wildman–Crippen LogP) is 3.13. The first-order valence-electron chi connectivity index (χ1n) is 9.06. The first-order chi connectivity index (χ1) is 10.2. The average molecular weight is 291 g/mol. The molecule has 0 aromatic heterocycles. The Morgan fingerprint density at radius 3 is 2.29 bits per heavy atom. The van der Waals surface area contributed by atoms with E-state index in [4.69, 9.17) is 4.74 Å². The van der Waals surface area contributed by atoms with Crippen LogP contribution >= 0.6 is 0 Å². The lowest BCUT2D eigenvalue weighted by Crippen LogP contribution is -2.57. The molecule has 0 spiro atoms. The molecule has 2 atom stereocenters. The van der Waals surface area contributed by atoms with Crippen molar-refractivity contribution in [3.8, 4) is 0 Å². The van der Waals surface area contributed by atoms with Gasteiger partial charge in [0.2, 0.25) is 5.91 Å². The number of hydrogen-bond donors (Lipinski definition) is 1. The normalized spacial score (nSPS) is 45.8. The van der Waals surface area contributed by atoms with Crippen LogP contribution in [0.5, 0.6) is 0 Å². The lowest BCUT2D eigenvalue weighted by molar-refractivity contribution is -0.130. The molecular weight excluding hydrogens is 262 g/mol. The zero-order chi connectivity index (χ0) is 14.4. The molecule has 4 saturated carbocycles. The Balaban J connectivity index is 1.48. The molecule has 5 aliphatic rings. The van der Waals surface area contributed by atoms with Gasteiger partial charge in [0.15, 0.2) is 0 Å². The minimum atomic E-state index is 0.105. The fourth-order valence-electron chi connectivity index (χ4n) is 6.32. The van der Waals surface area contributed by atoms with Crippen molar-refractivity contribution in [2.75, 3.05) is 13.2 Å². The molecular formula is C18H29NO2. The molecule has 3 nitrogen and oxygen atoms in total. The van der Waals surface area contributed by atoms with Crippen LogP contribution in [-0.2, 0) is 9.53 Å². The van der Waals surface area contributed by atoms with Crippen molar-refractivity contribution in [1.82, 2.24) is 5.32 Å². The van der Waals surface area contributed by atoms with Gasteiger partial charge in [0.1, 0.15) is 0 Å². The lowest BCUT2D eigenvalue weighted by atomic mass is 9.47. The molecule has 118 valence electrons. The second-order valence-electron chi connectivity index (χ2n) is 8.31. The summed E-state index contributed by atoms with van der Waals surface area (Å²) in [6, 6.07) is 0.402. The molecule has 1 N–H and O–H groups in total. The van der Waals surface area contributed by atoms with Crippen LogP contribution in [0.1, 0.15) is 58.3 Å². The molecule has 5 fully saturated rings. The Bertz CT molecular complexity index is 378. The molecule has 1 saturated heterocycles. The molecule has 0 radical (unpaired) electrons. The number of hydrogen-bond acceptors (Lipinski definition) is 2. The van der Waals surface area contributed by atoms with Gasteiger partial charge in [-0.2, -0.15) is 0 Å². The SMILES string of the molecule is CC[C@H](NC(=O)[C@H]1CCOC1)C12CC3CC(CC(C3)C1)C2. The Morgan fingerprint density at radius 1 is 1.19 bits per heavy atom. The Labute approximate surface area is 128 Å². The highest BCUT2D eigenvalue weighted by atomic mass is 16.5. The second kappa shape index (κ2) is 5.26. The standard InChI is InChI=1S/C18H29NO2/c1-2-16(19-17(20)15-3-4-21-11-15)18-8-12-5-13(9-18)7-14(6-12)10-18/h12-16H,2-11H2,1H3,(H,19,20)/t12?,13?,14?,15-,16-,18?/m0/s1. The molecule has 0 aromatic carbocycles. The Morgan fingerprint density at radius 2 is 1.81 bits per heavy atom. The van der Waals surface area contributed by atoms with E-state index in [1.807, 2.05) is 0 Å². The summed E-state index contributed by atoms with van der Waals surface area (Å²) in [7, 11) is 0. The van der Waals surface area contributed by atoms with E-state index in [-0.39, 0.29) is 11.8 Å². The van der Waals surface area contributed by atoms with Crippen LogP contribution < -0.4 is 5.32 Å². The van der Waals surface area contributed by atoms with Crippen LogP contribution in [0.3, 0.4) is 0 Å². The highest BCUT2D eigenvalue weighted by molar-refractivity contribution is 5.79. The van der Waals surface area contributed by atoms with Crippen molar-refractivity contribution in [3.63, 3.8) is 0 Å². The van der Waals surface area contributed by atoms with Crippen LogP contribution in [0.15, 0.2) is 0 Å². The third-order valence-corrected chi connectivity index (χ3v) is 6.85. The van der Waals surface area contributed by atoms with Crippen molar-refractivity contribution < 1.29 is 9.53 Å². The zero-order valence-corrected chi connectivity index (χ0v) is 13.3. The van der Waals surface area contributed by atoms with Crippen LogP contribution in [-0.4, -0.2) is 25.2 Å². The van der Waals surface area contributed by atoms with Gasteiger partial charge >= 0.3 is 0 Å². The van der Waals surface area contributed by atoms with Crippen LogP contribution in [0, 0.1) is 29.1 Å². The summed E-state index contributed by atoms with van der Waals surface area (Å²) < 4.78 is 5.38. The number of rotatable bonds is 4. The van der Waals surface area contributed by atoms with E-state index >= 15 is 0 Å². The lowest BCUT2D eigenvalue weighted by Gasteiger charge is -2.59. The number of amides is 1. The van der Waals surface area contributed by atoms with Gasteiger partial charge < -0.3 is 10.1 Å². The summed E-state index contributed by atoms with van der Waals surface area (Å²) in [6.45, 7) is 3.64. The minimum Gasteiger partial charge on any atom is -0.381 e. The molecule has 3 heteroatoms. The van der Waals surface area contributed by atoms with Crippen LogP contribution in [0.4, 0.5) is 0 Å². The molecule has 5 rings (SSSR count). The first-order valence-corrected chi connectivity index (χ1v) is 9.06. The van der Waals surface area contributed by atoms with Gasteiger partial charge in [-0.15, -0.1) is 0 Å². The maximum absolute atomic E-state index is 12.5. The maximum atomic E-state index is 12.5. The predicted molar refractivity (Wildman–Crippen MR) is 81.8 cm³/mol. The molecule has 4 bridgehead atoms. The molecule has 1 heterocycles. The van der Waals surface area contributed by atoms with Crippen LogP contribution in [0.2, 0.25) is 0 Å². The van der Waals surface area contributed by atoms with E-state index in [1.54, 1.807) is 0 Å². The topological polar surface area (TPSA) is 38.3 Å². The molecule has 1 amide bonds. The van der Waals surface area contributed by atoms with Crippen molar-refractivity contribution in [3.05, 3.63) is 0 Å². The third-order valence-electron chi connectivity index (χ3n) is 6.85. The van der Waals surface area contributed by atoms with E-state index in [9.17, 15) is 4.79 Å². The van der Waals surface area contributed by atoms with Gasteiger partial charge in [0.25, 0.3) is 0 Å². The molecule has 4 aliphatic carbocycles. The van der Waals surface area contributed by atoms with Gasteiger partial charge in [-0.05, 0) is 74.5 Å². The summed E-state index contributed by atoms with van der Waals surface area (Å²) in [5, 5.41) is 3.45. The average Bonchev–Trinajstić information content (AvgIpc) is 2.97. The van der Waals surface area contributed by atoms with Crippen molar-refractivity contribution in [2.24, 2.45) is 29.1 Å². The highest BCUT2D eigenvalue weighted by Crippen LogP contribution is 2.61. The van der Waals surface area contributed by atoms with Crippen molar-refractivity contribution in [1.29, 1.82) is 0 Å². The van der Waals surface area contributed by atoms with Gasteiger partial charge in [0, 0.05) is 12.6 Å². The first kappa shape index (κ1) is 14.0. The summed E-state index contributed by atoms with van der Waals surface area (Å²) in [5.74, 6) is 3.23. The Kier molecular flexibility index (Phi) is 3.52. The largest absolute Gasteiger partial charge is 0.381 e. The molecule has 0 unspecified atom stereocenters. The number of carbonyl (C=O) groups excluding carboxylic acids is 1. The molecule has 1 aliphatic heterocycles. The summed E-state index contributed by atoms with van der Waals surface area (Å²) in [5.41, 5.74) is 0.429. The summed E-state index contributed by atoms with van der Waals surface area (Å²) in [4.78, 5) is 12.5. The van der Waals surface area contributed by atoms with Crippen LogP contribution in [0.25, 0.3) is 0 Å². The third kappa shape index (κ3) is 2.42. The van der Waals surface area contributed by atoms with Gasteiger partial charge in [-0.1, -0.05) is 6.92 Å². The Hall–Kier alpha value is -0.570. The monoisotopic (exact) mass is 291 g/mol. The van der Waals surface area contributed by atoms with E-state index in [1.165, 1.54) is 38.5 Å². The maximum Gasteiger partial charge on any atom is 0.225 e. The smallest absolute Gasteiger partial charge is 0.225 e. The number of carbonyl (C=O) groups is 1. The van der Waals surface area contributed by atoms with E-state index in [2.05, 4.69) is 12.2 Å². The van der Waals surface area contributed by atoms with E-state index < -0.39 is 0 Å². The fourth-order valence-corrected chi connectivity index (χ4v) is 6.32. The number of nitrogens with one attached hydrogen (secondary N) is 1.